The van der Waals surface area contributed by atoms with Crippen LogP contribution in [0.25, 0.3) is 0 Å². The number of benzene rings is 1. The average Bonchev–Trinajstić information content (AvgIpc) is 3.00. The summed E-state index contributed by atoms with van der Waals surface area (Å²) in [6.45, 7) is 3.78. The lowest BCUT2D eigenvalue weighted by Gasteiger charge is -2.17. The number of aromatic nitrogens is 2. The highest BCUT2D eigenvalue weighted by molar-refractivity contribution is 7.99. The first kappa shape index (κ1) is 17.7. The minimum atomic E-state index is -0.110. The third-order valence-corrected chi connectivity index (χ3v) is 5.55. The molecule has 0 saturated heterocycles. The van der Waals surface area contributed by atoms with Gasteiger partial charge in [-0.2, -0.15) is 0 Å². The fourth-order valence-corrected chi connectivity index (χ4v) is 4.13. The van der Waals surface area contributed by atoms with Crippen LogP contribution in [0.1, 0.15) is 36.9 Å². The highest BCUT2D eigenvalue weighted by Gasteiger charge is 2.27. The fraction of sp³-hybridized carbons (Fsp3) is 0.421. The second kappa shape index (κ2) is 7.87. The molecular formula is C19H23N3O2S. The van der Waals surface area contributed by atoms with Gasteiger partial charge in [-0.25, -0.2) is 4.98 Å². The molecule has 1 N–H and O–H groups in total. The van der Waals surface area contributed by atoms with Crippen molar-refractivity contribution < 1.29 is 4.79 Å². The second-order valence-electron chi connectivity index (χ2n) is 6.56. The van der Waals surface area contributed by atoms with Crippen molar-refractivity contribution in [1.82, 2.24) is 14.9 Å². The van der Waals surface area contributed by atoms with Crippen LogP contribution in [0.15, 0.2) is 46.5 Å². The minimum absolute atomic E-state index is 0.00702. The Morgan fingerprint density at radius 2 is 2.16 bits per heavy atom. The number of nitrogens with zero attached hydrogens (tertiary/aromatic N) is 2. The highest BCUT2D eigenvalue weighted by atomic mass is 32.2. The van der Waals surface area contributed by atoms with Gasteiger partial charge < -0.3 is 5.32 Å². The summed E-state index contributed by atoms with van der Waals surface area (Å²) < 4.78 is 1.67. The highest BCUT2D eigenvalue weighted by Crippen LogP contribution is 2.31. The molecule has 1 aliphatic heterocycles. The topological polar surface area (TPSA) is 64.0 Å². The number of nitrogens with one attached hydrogen (secondary N) is 1. The van der Waals surface area contributed by atoms with Crippen molar-refractivity contribution in [3.05, 3.63) is 58.0 Å². The van der Waals surface area contributed by atoms with Crippen molar-refractivity contribution in [3.8, 4) is 0 Å². The van der Waals surface area contributed by atoms with Crippen LogP contribution >= 0.6 is 11.8 Å². The van der Waals surface area contributed by atoms with E-state index in [4.69, 9.17) is 0 Å². The Hall–Kier alpha value is -2.08. The van der Waals surface area contributed by atoms with Gasteiger partial charge in [0.1, 0.15) is 0 Å². The van der Waals surface area contributed by atoms with E-state index in [9.17, 15) is 9.59 Å². The maximum atomic E-state index is 12.4. The number of hydrogen-bond acceptors (Lipinski definition) is 4. The molecule has 1 aliphatic rings. The summed E-state index contributed by atoms with van der Waals surface area (Å²) in [5.41, 5.74) is 1.86. The molecule has 2 unspecified atom stereocenters. The first-order valence-corrected chi connectivity index (χ1v) is 9.57. The van der Waals surface area contributed by atoms with Crippen molar-refractivity contribution in [3.63, 3.8) is 0 Å². The number of thioether (sulfide) groups is 1. The predicted octanol–water partition coefficient (Wildman–Crippen LogP) is 2.73. The molecule has 2 atom stereocenters. The Morgan fingerprint density at radius 1 is 1.40 bits per heavy atom. The van der Waals surface area contributed by atoms with E-state index in [2.05, 4.69) is 22.4 Å². The van der Waals surface area contributed by atoms with Crippen molar-refractivity contribution in [2.24, 2.45) is 0 Å². The number of fused-ring (bicyclic) bond motifs is 1. The van der Waals surface area contributed by atoms with Gasteiger partial charge in [0.25, 0.3) is 5.56 Å². The van der Waals surface area contributed by atoms with Crippen molar-refractivity contribution >= 4 is 17.7 Å². The van der Waals surface area contributed by atoms with Crippen molar-refractivity contribution in [2.45, 2.75) is 50.4 Å². The van der Waals surface area contributed by atoms with Crippen LogP contribution in [-0.2, 0) is 11.2 Å². The summed E-state index contributed by atoms with van der Waals surface area (Å²) in [5, 5.41) is 3.77. The Bertz CT molecular complexity index is 804. The molecule has 132 valence electrons. The molecule has 0 fully saturated rings. The summed E-state index contributed by atoms with van der Waals surface area (Å²) in [6, 6.07) is 10.3. The summed E-state index contributed by atoms with van der Waals surface area (Å²) in [6.07, 6.45) is 3.76. The largest absolute Gasteiger partial charge is 0.354 e. The monoisotopic (exact) mass is 357 g/mol. The lowest BCUT2D eigenvalue weighted by molar-refractivity contribution is -0.122. The molecule has 1 aromatic heterocycles. The van der Waals surface area contributed by atoms with E-state index in [0.29, 0.717) is 17.1 Å². The normalized spacial score (nSPS) is 17.1. The van der Waals surface area contributed by atoms with Crippen LogP contribution in [0.2, 0.25) is 0 Å². The molecule has 2 aromatic rings. The van der Waals surface area contributed by atoms with Crippen LogP contribution < -0.4 is 10.9 Å². The Morgan fingerprint density at radius 3 is 2.92 bits per heavy atom. The standard InChI is InChI=1S/C19H23N3O2S/c1-13-11-20-19-22(18(13)24)16(12-25-19)10-17(23)21-14(2)8-9-15-6-4-3-5-7-15/h3-7,11,14,16H,8-10,12H2,1-2H3,(H,21,23). The Kier molecular flexibility index (Phi) is 5.58. The summed E-state index contributed by atoms with van der Waals surface area (Å²) in [7, 11) is 0. The van der Waals surface area contributed by atoms with Crippen LogP contribution in [0.4, 0.5) is 0 Å². The van der Waals surface area contributed by atoms with Gasteiger partial charge in [0.05, 0.1) is 6.04 Å². The van der Waals surface area contributed by atoms with Gasteiger partial charge in [0.15, 0.2) is 5.16 Å². The van der Waals surface area contributed by atoms with Gasteiger partial charge in [-0.1, -0.05) is 42.1 Å². The zero-order valence-electron chi connectivity index (χ0n) is 14.6. The van der Waals surface area contributed by atoms with Gasteiger partial charge in [-0.3, -0.25) is 14.2 Å². The molecule has 1 amide bonds. The number of rotatable bonds is 6. The molecule has 25 heavy (non-hydrogen) atoms. The average molecular weight is 357 g/mol. The number of aryl methyl sites for hydroxylation is 2. The maximum absolute atomic E-state index is 12.4. The van der Waals surface area contributed by atoms with Crippen LogP contribution in [0.5, 0.6) is 0 Å². The molecule has 0 saturated carbocycles. The van der Waals surface area contributed by atoms with Crippen molar-refractivity contribution in [1.29, 1.82) is 0 Å². The second-order valence-corrected chi connectivity index (χ2v) is 7.55. The number of hydrogen-bond donors (Lipinski definition) is 1. The fourth-order valence-electron chi connectivity index (χ4n) is 3.02. The molecule has 0 bridgehead atoms. The molecule has 6 heteroatoms. The molecule has 0 aliphatic carbocycles. The number of carbonyl (C=O) groups is 1. The smallest absolute Gasteiger partial charge is 0.257 e. The number of amides is 1. The van der Waals surface area contributed by atoms with E-state index in [1.54, 1.807) is 17.7 Å². The molecular weight excluding hydrogens is 334 g/mol. The lowest BCUT2D eigenvalue weighted by atomic mass is 10.1. The maximum Gasteiger partial charge on any atom is 0.257 e. The third kappa shape index (κ3) is 4.31. The van der Waals surface area contributed by atoms with Gasteiger partial charge in [-0.15, -0.1) is 0 Å². The van der Waals surface area contributed by atoms with E-state index < -0.39 is 0 Å². The molecule has 5 nitrogen and oxygen atoms in total. The SMILES string of the molecule is Cc1cnc2n(c1=O)C(CC(=O)NC(C)CCc1ccccc1)CS2. The predicted molar refractivity (Wildman–Crippen MR) is 100.0 cm³/mol. The van der Waals surface area contributed by atoms with E-state index in [1.807, 2.05) is 25.1 Å². The van der Waals surface area contributed by atoms with E-state index in [0.717, 1.165) is 18.6 Å². The van der Waals surface area contributed by atoms with Crippen LogP contribution in [0.3, 0.4) is 0 Å². The first-order valence-electron chi connectivity index (χ1n) is 8.59. The number of carbonyl (C=O) groups excluding carboxylic acids is 1. The van der Waals surface area contributed by atoms with E-state index >= 15 is 0 Å². The van der Waals surface area contributed by atoms with Crippen LogP contribution in [-0.4, -0.2) is 27.3 Å². The lowest BCUT2D eigenvalue weighted by Crippen LogP contribution is -2.36. The summed E-state index contributed by atoms with van der Waals surface area (Å²) in [4.78, 5) is 29.0. The Labute approximate surface area is 151 Å². The molecule has 2 heterocycles. The van der Waals surface area contributed by atoms with Gasteiger partial charge in [0, 0.05) is 30.0 Å². The quantitative estimate of drug-likeness (QED) is 0.808. The summed E-state index contributed by atoms with van der Waals surface area (Å²) >= 11 is 1.54. The van der Waals surface area contributed by atoms with E-state index in [1.165, 1.54) is 17.3 Å². The Balaban J connectivity index is 1.54. The van der Waals surface area contributed by atoms with Gasteiger partial charge >= 0.3 is 0 Å². The zero-order valence-corrected chi connectivity index (χ0v) is 15.4. The molecule has 1 aromatic carbocycles. The van der Waals surface area contributed by atoms with Gasteiger partial charge in [0.2, 0.25) is 5.91 Å². The van der Waals surface area contributed by atoms with E-state index in [-0.39, 0.29) is 23.6 Å². The van der Waals surface area contributed by atoms with Crippen LogP contribution in [0, 0.1) is 6.92 Å². The molecule has 0 radical (unpaired) electrons. The third-order valence-electron chi connectivity index (χ3n) is 4.44. The van der Waals surface area contributed by atoms with Gasteiger partial charge in [-0.05, 0) is 32.3 Å². The molecule has 0 spiro atoms. The summed E-state index contributed by atoms with van der Waals surface area (Å²) in [5.74, 6) is 0.713. The molecule has 3 rings (SSSR count). The minimum Gasteiger partial charge on any atom is -0.354 e. The van der Waals surface area contributed by atoms with Crippen molar-refractivity contribution in [2.75, 3.05) is 5.75 Å². The zero-order chi connectivity index (χ0) is 17.8. The first-order chi connectivity index (χ1) is 12.0.